The second-order valence-corrected chi connectivity index (χ2v) is 4.10. The van der Waals surface area contributed by atoms with E-state index in [1.807, 2.05) is 6.07 Å². The smallest absolute Gasteiger partial charge is 0.270 e. The zero-order chi connectivity index (χ0) is 13.9. The number of anilines is 1. The van der Waals surface area contributed by atoms with E-state index >= 15 is 0 Å². The maximum Gasteiger partial charge on any atom is 0.270 e. The molecule has 0 spiro atoms. The Balaban J connectivity index is 2.00. The van der Waals surface area contributed by atoms with Crippen LogP contribution in [0.3, 0.4) is 0 Å². The molecular formula is C14H10N4O2. The lowest BCUT2D eigenvalue weighted by Crippen LogP contribution is -2.26. The summed E-state index contributed by atoms with van der Waals surface area (Å²) in [6.45, 7) is 0. The quantitative estimate of drug-likeness (QED) is 0.759. The van der Waals surface area contributed by atoms with Gasteiger partial charge in [-0.15, -0.1) is 0 Å². The van der Waals surface area contributed by atoms with Crippen molar-refractivity contribution >= 4 is 17.2 Å². The number of aromatic nitrogens is 3. The molecule has 0 aliphatic heterocycles. The highest BCUT2D eigenvalue weighted by atomic mass is 16.2. The molecule has 0 unspecified atom stereocenters. The third-order valence-corrected chi connectivity index (χ3v) is 2.79. The lowest BCUT2D eigenvalue weighted by Gasteiger charge is -2.05. The van der Waals surface area contributed by atoms with E-state index in [2.05, 4.69) is 15.3 Å². The number of hydrogen-bond donors (Lipinski definition) is 1. The van der Waals surface area contributed by atoms with Crippen LogP contribution in [0.4, 0.5) is 5.69 Å². The van der Waals surface area contributed by atoms with Crippen molar-refractivity contribution in [2.24, 2.45) is 0 Å². The molecule has 0 bridgehead atoms. The number of nitrogens with zero attached hydrogens (tertiary/aromatic N) is 3. The van der Waals surface area contributed by atoms with E-state index in [1.165, 1.54) is 29.2 Å². The Morgan fingerprint density at radius 2 is 1.95 bits per heavy atom. The molecule has 0 saturated carbocycles. The Bertz CT molecular complexity index is 827. The summed E-state index contributed by atoms with van der Waals surface area (Å²) < 4.78 is 1.28. The number of para-hydroxylation sites is 1. The number of amides is 1. The molecule has 98 valence electrons. The molecule has 1 aromatic carbocycles. The van der Waals surface area contributed by atoms with E-state index in [-0.39, 0.29) is 5.56 Å². The fraction of sp³-hybridized carbons (Fsp3) is 0. The third-order valence-electron chi connectivity index (χ3n) is 2.79. The number of hydrogen-bond acceptors (Lipinski definition) is 4. The summed E-state index contributed by atoms with van der Waals surface area (Å²) in [5, 5.41) is 2.66. The van der Waals surface area contributed by atoms with Crippen molar-refractivity contribution in [1.29, 1.82) is 0 Å². The van der Waals surface area contributed by atoms with Crippen LogP contribution in [0, 0.1) is 0 Å². The monoisotopic (exact) mass is 266 g/mol. The van der Waals surface area contributed by atoms with Crippen molar-refractivity contribution in [2.45, 2.75) is 0 Å². The van der Waals surface area contributed by atoms with Gasteiger partial charge in [0.15, 0.2) is 5.65 Å². The summed E-state index contributed by atoms with van der Waals surface area (Å²) >= 11 is 0. The number of carbonyl (C=O) groups is 1. The molecule has 2 aromatic heterocycles. The summed E-state index contributed by atoms with van der Waals surface area (Å²) in [7, 11) is 0. The average Bonchev–Trinajstić information content (AvgIpc) is 2.49. The Labute approximate surface area is 113 Å². The van der Waals surface area contributed by atoms with Gasteiger partial charge in [-0.05, 0) is 12.1 Å². The summed E-state index contributed by atoms with van der Waals surface area (Å²) in [5.41, 5.74) is 0.578. The van der Waals surface area contributed by atoms with Gasteiger partial charge in [0.1, 0.15) is 5.56 Å². The molecule has 20 heavy (non-hydrogen) atoms. The highest BCUT2D eigenvalue weighted by Gasteiger charge is 2.13. The molecule has 0 atom stereocenters. The van der Waals surface area contributed by atoms with Crippen molar-refractivity contribution in [2.75, 3.05) is 5.32 Å². The SMILES string of the molecule is O=C(Nc1ccccc1)c1cnc2cnccn2c1=O. The molecule has 0 aliphatic rings. The minimum absolute atomic E-state index is 0.0162. The van der Waals surface area contributed by atoms with Gasteiger partial charge in [0.2, 0.25) is 0 Å². The zero-order valence-corrected chi connectivity index (χ0v) is 10.4. The molecule has 6 nitrogen and oxygen atoms in total. The van der Waals surface area contributed by atoms with Gasteiger partial charge in [0.05, 0.1) is 6.20 Å². The molecule has 3 rings (SSSR count). The van der Waals surface area contributed by atoms with Crippen LogP contribution < -0.4 is 10.9 Å². The van der Waals surface area contributed by atoms with E-state index < -0.39 is 11.5 Å². The van der Waals surface area contributed by atoms with Crippen molar-refractivity contribution < 1.29 is 4.79 Å². The maximum absolute atomic E-state index is 12.2. The van der Waals surface area contributed by atoms with Crippen LogP contribution in [0.15, 0.2) is 59.9 Å². The van der Waals surface area contributed by atoms with E-state index in [9.17, 15) is 9.59 Å². The topological polar surface area (TPSA) is 76.4 Å². The largest absolute Gasteiger partial charge is 0.322 e. The first-order valence-corrected chi connectivity index (χ1v) is 5.93. The van der Waals surface area contributed by atoms with Crippen molar-refractivity contribution in [3.05, 3.63) is 71.0 Å². The minimum atomic E-state index is -0.486. The highest BCUT2D eigenvalue weighted by Crippen LogP contribution is 2.06. The first kappa shape index (κ1) is 12.0. The molecule has 6 heteroatoms. The first-order valence-electron chi connectivity index (χ1n) is 5.93. The van der Waals surface area contributed by atoms with Crippen molar-refractivity contribution in [3.63, 3.8) is 0 Å². The predicted octanol–water partition coefficient (Wildman–Crippen LogP) is 1.34. The summed E-state index contributed by atoms with van der Waals surface area (Å²) in [6.07, 6.45) is 5.66. The zero-order valence-electron chi connectivity index (χ0n) is 10.4. The van der Waals surface area contributed by atoms with Crippen LogP contribution in [0.25, 0.3) is 5.65 Å². The predicted molar refractivity (Wildman–Crippen MR) is 73.7 cm³/mol. The fourth-order valence-electron chi connectivity index (χ4n) is 1.81. The van der Waals surface area contributed by atoms with Gasteiger partial charge in [-0.1, -0.05) is 18.2 Å². The first-order chi connectivity index (χ1) is 9.75. The van der Waals surface area contributed by atoms with Gasteiger partial charge in [-0.3, -0.25) is 19.0 Å². The molecule has 3 aromatic rings. The Hall–Kier alpha value is -3.02. The lowest BCUT2D eigenvalue weighted by atomic mass is 10.2. The number of carbonyl (C=O) groups excluding carboxylic acids is 1. The molecular weight excluding hydrogens is 256 g/mol. The van der Waals surface area contributed by atoms with E-state index in [1.54, 1.807) is 24.3 Å². The van der Waals surface area contributed by atoms with Gasteiger partial charge in [-0.2, -0.15) is 0 Å². The van der Waals surface area contributed by atoms with Gasteiger partial charge in [0.25, 0.3) is 11.5 Å². The van der Waals surface area contributed by atoms with Crippen LogP contribution in [-0.2, 0) is 0 Å². The maximum atomic E-state index is 12.2. The molecule has 0 radical (unpaired) electrons. The van der Waals surface area contributed by atoms with Gasteiger partial charge < -0.3 is 5.32 Å². The third kappa shape index (κ3) is 2.14. The standard InChI is InChI=1S/C14H10N4O2/c19-13(17-10-4-2-1-3-5-10)11-8-16-12-9-15-6-7-18(12)14(11)20/h1-9H,(H,17,19). The summed E-state index contributed by atoms with van der Waals surface area (Å²) in [5.74, 6) is -0.486. The lowest BCUT2D eigenvalue weighted by molar-refractivity contribution is 0.102. The normalized spacial score (nSPS) is 10.4. The fourth-order valence-corrected chi connectivity index (χ4v) is 1.81. The number of nitrogens with one attached hydrogen (secondary N) is 1. The van der Waals surface area contributed by atoms with Crippen LogP contribution in [-0.4, -0.2) is 20.3 Å². The highest BCUT2D eigenvalue weighted by molar-refractivity contribution is 6.03. The molecule has 0 aliphatic carbocycles. The summed E-state index contributed by atoms with van der Waals surface area (Å²) in [4.78, 5) is 32.2. The van der Waals surface area contributed by atoms with Gasteiger partial charge in [-0.25, -0.2) is 4.98 Å². The average molecular weight is 266 g/mol. The molecule has 2 heterocycles. The summed E-state index contributed by atoms with van der Waals surface area (Å²) in [6, 6.07) is 8.93. The molecule has 1 N–H and O–H groups in total. The van der Waals surface area contributed by atoms with Crippen molar-refractivity contribution in [3.8, 4) is 0 Å². The Kier molecular flexibility index (Phi) is 2.96. The van der Waals surface area contributed by atoms with Gasteiger partial charge in [0, 0.05) is 24.3 Å². The number of rotatable bonds is 2. The van der Waals surface area contributed by atoms with Crippen LogP contribution >= 0.6 is 0 Å². The molecule has 1 amide bonds. The molecule has 0 fully saturated rings. The van der Waals surface area contributed by atoms with Crippen LogP contribution in [0.2, 0.25) is 0 Å². The van der Waals surface area contributed by atoms with E-state index in [0.29, 0.717) is 11.3 Å². The molecule has 0 saturated heterocycles. The second-order valence-electron chi connectivity index (χ2n) is 4.10. The van der Waals surface area contributed by atoms with Crippen LogP contribution in [0.1, 0.15) is 10.4 Å². The van der Waals surface area contributed by atoms with E-state index in [0.717, 1.165) is 0 Å². The number of fused-ring (bicyclic) bond motifs is 1. The van der Waals surface area contributed by atoms with Crippen LogP contribution in [0.5, 0.6) is 0 Å². The Morgan fingerprint density at radius 3 is 2.75 bits per heavy atom. The van der Waals surface area contributed by atoms with Crippen molar-refractivity contribution in [1.82, 2.24) is 14.4 Å². The Morgan fingerprint density at radius 1 is 1.15 bits per heavy atom. The second kappa shape index (κ2) is 4.93. The number of benzene rings is 1. The minimum Gasteiger partial charge on any atom is -0.322 e. The van der Waals surface area contributed by atoms with E-state index in [4.69, 9.17) is 0 Å². The van der Waals surface area contributed by atoms with Gasteiger partial charge >= 0.3 is 0 Å².